The van der Waals surface area contributed by atoms with Crippen LogP contribution in [0.15, 0.2) is 42.6 Å². The van der Waals surface area contributed by atoms with Gasteiger partial charge in [0.2, 0.25) is 0 Å². The van der Waals surface area contributed by atoms with E-state index in [2.05, 4.69) is 39.3 Å². The molecule has 38 heavy (non-hydrogen) atoms. The predicted molar refractivity (Wildman–Crippen MR) is 159 cm³/mol. The molecule has 9 nitrogen and oxygen atoms in total. The Labute approximate surface area is 238 Å². The maximum absolute atomic E-state index is 13.5. The van der Waals surface area contributed by atoms with E-state index in [1.807, 2.05) is 6.07 Å². The minimum absolute atomic E-state index is 0. The van der Waals surface area contributed by atoms with E-state index in [0.29, 0.717) is 35.3 Å². The quantitative estimate of drug-likeness (QED) is 0.462. The molecule has 2 aromatic rings. The van der Waals surface area contributed by atoms with Gasteiger partial charge in [0, 0.05) is 31.9 Å². The van der Waals surface area contributed by atoms with Gasteiger partial charge in [-0.1, -0.05) is 32.4 Å². The van der Waals surface area contributed by atoms with Gasteiger partial charge in [0.15, 0.2) is 5.82 Å². The zero-order valence-corrected chi connectivity index (χ0v) is 24.0. The number of nitrogens with one attached hydrogen (secondary N) is 2. The van der Waals surface area contributed by atoms with E-state index in [1.54, 1.807) is 36.5 Å². The number of urea groups is 1. The number of likely N-dealkylation sites (tertiary alicyclic amines) is 1. The number of anilines is 3. The fourth-order valence-corrected chi connectivity index (χ4v) is 5.21. The summed E-state index contributed by atoms with van der Waals surface area (Å²) in [5.74, 6) is 0.180. The van der Waals surface area contributed by atoms with E-state index in [0.717, 1.165) is 32.7 Å². The number of hydrogen-bond acceptors (Lipinski definition) is 5. The number of fused-ring (bicyclic) bond motifs is 2. The Morgan fingerprint density at radius 1 is 1.11 bits per heavy atom. The highest BCUT2D eigenvalue weighted by Crippen LogP contribution is 2.36. The van der Waals surface area contributed by atoms with Crippen LogP contribution in [0.3, 0.4) is 0 Å². The summed E-state index contributed by atoms with van der Waals surface area (Å²) in [6.07, 6.45) is 7.67. The van der Waals surface area contributed by atoms with Crippen molar-refractivity contribution in [3.63, 3.8) is 0 Å². The lowest BCUT2D eigenvalue weighted by Crippen LogP contribution is -2.50. The van der Waals surface area contributed by atoms with Gasteiger partial charge in [-0.15, -0.1) is 24.8 Å². The Balaban J connectivity index is 0.00000241. The second-order valence-corrected chi connectivity index (χ2v) is 9.40. The summed E-state index contributed by atoms with van der Waals surface area (Å²) < 4.78 is 0. The van der Waals surface area contributed by atoms with Crippen molar-refractivity contribution in [2.75, 3.05) is 49.5 Å². The van der Waals surface area contributed by atoms with Crippen molar-refractivity contribution in [3.05, 3.63) is 48.2 Å². The van der Waals surface area contributed by atoms with Gasteiger partial charge < -0.3 is 21.0 Å². The topological polar surface area (TPSA) is 112 Å². The molecule has 1 unspecified atom stereocenters. The molecule has 4 N–H and O–H groups in total. The molecule has 0 radical (unpaired) electrons. The molecule has 0 bridgehead atoms. The molecule has 1 atom stereocenters. The molecule has 1 aromatic heterocycles. The number of halogens is 2. The number of para-hydroxylation sites is 1. The molecule has 3 amide bonds. The average molecular weight is 570 g/mol. The average Bonchev–Trinajstić information content (AvgIpc) is 2.99. The van der Waals surface area contributed by atoms with E-state index in [1.165, 1.54) is 37.0 Å². The Hall–Kier alpha value is -2.43. The molecular weight excluding hydrogens is 527 g/mol. The molecule has 2 aliphatic rings. The van der Waals surface area contributed by atoms with Crippen molar-refractivity contribution in [3.8, 4) is 0 Å². The molecule has 212 valence electrons. The molecule has 11 heteroatoms. The van der Waals surface area contributed by atoms with Gasteiger partial charge in [-0.25, -0.2) is 14.7 Å². The number of rotatable bonds is 9. The van der Waals surface area contributed by atoms with Gasteiger partial charge in [0.25, 0.3) is 5.91 Å². The molecule has 0 aliphatic carbocycles. The number of piperidine rings is 1. The van der Waals surface area contributed by atoms with Crippen LogP contribution >= 0.6 is 24.8 Å². The molecule has 1 aromatic carbocycles. The normalized spacial score (nSPS) is 16.6. The van der Waals surface area contributed by atoms with Crippen molar-refractivity contribution in [2.45, 2.75) is 52.0 Å². The van der Waals surface area contributed by atoms with Crippen LogP contribution in [0.2, 0.25) is 0 Å². The third kappa shape index (κ3) is 8.04. The molecule has 4 rings (SSSR count). The molecular formula is C27H42Cl2N6O3. The Morgan fingerprint density at radius 2 is 1.84 bits per heavy atom. The lowest BCUT2D eigenvalue weighted by molar-refractivity contribution is 0.102. The standard InChI is InChI=1S/C27H38N6O2.2ClH.H2O/c1-3-16-31(17-4-2)20-21-10-7-8-18-32(21)19-15-29-27(35)33-24-13-6-5-11-22(24)26(34)30-23-12-9-14-28-25(23)33;;;/h5-6,9,11-14,21H,3-4,7-8,10,15-20H2,1-2H3,(H,29,35)(H,30,34);2*1H;1H2. The number of carbonyl (C=O) groups excluding carboxylic acids is 2. The van der Waals surface area contributed by atoms with E-state index < -0.39 is 0 Å². The molecule has 0 spiro atoms. The summed E-state index contributed by atoms with van der Waals surface area (Å²) >= 11 is 0. The fourth-order valence-electron chi connectivity index (χ4n) is 5.21. The van der Waals surface area contributed by atoms with Crippen LogP contribution in [0, 0.1) is 0 Å². The second-order valence-electron chi connectivity index (χ2n) is 9.40. The lowest BCUT2D eigenvalue weighted by atomic mass is 10.0. The highest BCUT2D eigenvalue weighted by atomic mass is 35.5. The third-order valence-corrected chi connectivity index (χ3v) is 6.81. The minimum Gasteiger partial charge on any atom is -0.412 e. The van der Waals surface area contributed by atoms with Crippen molar-refractivity contribution in [2.24, 2.45) is 0 Å². The lowest BCUT2D eigenvalue weighted by Gasteiger charge is -2.39. The van der Waals surface area contributed by atoms with Crippen molar-refractivity contribution >= 4 is 53.9 Å². The van der Waals surface area contributed by atoms with Crippen LogP contribution < -0.4 is 15.5 Å². The predicted octanol–water partition coefficient (Wildman–Crippen LogP) is 4.49. The van der Waals surface area contributed by atoms with Gasteiger partial charge in [0.05, 0.1) is 16.9 Å². The zero-order valence-electron chi connectivity index (χ0n) is 22.3. The first kappa shape index (κ1) is 33.6. The number of amides is 3. The first-order valence-corrected chi connectivity index (χ1v) is 13.0. The second kappa shape index (κ2) is 16.5. The van der Waals surface area contributed by atoms with E-state index in [4.69, 9.17) is 0 Å². The summed E-state index contributed by atoms with van der Waals surface area (Å²) in [5.41, 5.74) is 1.50. The van der Waals surface area contributed by atoms with Crippen LogP contribution in [-0.4, -0.2) is 77.5 Å². The van der Waals surface area contributed by atoms with E-state index in [9.17, 15) is 9.59 Å². The Kier molecular flexibility index (Phi) is 14.6. The Morgan fingerprint density at radius 3 is 2.58 bits per heavy atom. The number of carbonyl (C=O) groups is 2. The number of nitrogens with zero attached hydrogens (tertiary/aromatic N) is 4. The van der Waals surface area contributed by atoms with E-state index in [-0.39, 0.29) is 42.2 Å². The fraction of sp³-hybridized carbons (Fsp3) is 0.519. The smallest absolute Gasteiger partial charge is 0.327 e. The molecule has 1 fully saturated rings. The van der Waals surface area contributed by atoms with Gasteiger partial charge in [-0.05, 0) is 69.6 Å². The number of benzene rings is 1. The number of hydrogen-bond donors (Lipinski definition) is 2. The van der Waals surface area contributed by atoms with Crippen molar-refractivity contribution in [1.29, 1.82) is 0 Å². The maximum Gasteiger partial charge on any atom is 0.327 e. The summed E-state index contributed by atoms with van der Waals surface area (Å²) in [6, 6.07) is 10.9. The number of pyridine rings is 1. The first-order valence-electron chi connectivity index (χ1n) is 13.0. The molecule has 2 aliphatic heterocycles. The zero-order chi connectivity index (χ0) is 24.6. The van der Waals surface area contributed by atoms with Crippen LogP contribution in [0.4, 0.5) is 22.0 Å². The van der Waals surface area contributed by atoms with Crippen LogP contribution in [-0.2, 0) is 0 Å². The van der Waals surface area contributed by atoms with Crippen molar-refractivity contribution < 1.29 is 15.1 Å². The first-order chi connectivity index (χ1) is 17.1. The molecule has 0 saturated carbocycles. The maximum atomic E-state index is 13.5. The summed E-state index contributed by atoms with van der Waals surface area (Å²) in [7, 11) is 0. The minimum atomic E-state index is -0.277. The Bertz CT molecular complexity index is 1020. The number of aromatic nitrogens is 1. The summed E-state index contributed by atoms with van der Waals surface area (Å²) in [4.78, 5) is 37.3. The molecule has 1 saturated heterocycles. The monoisotopic (exact) mass is 568 g/mol. The van der Waals surface area contributed by atoms with Crippen molar-refractivity contribution in [1.82, 2.24) is 20.1 Å². The van der Waals surface area contributed by atoms with Gasteiger partial charge in [0.1, 0.15) is 0 Å². The highest BCUT2D eigenvalue weighted by molar-refractivity contribution is 6.16. The third-order valence-electron chi connectivity index (χ3n) is 6.81. The van der Waals surface area contributed by atoms with Crippen LogP contribution in [0.1, 0.15) is 56.3 Å². The van der Waals surface area contributed by atoms with Crippen LogP contribution in [0.25, 0.3) is 0 Å². The highest BCUT2D eigenvalue weighted by Gasteiger charge is 2.30. The molecule has 3 heterocycles. The summed E-state index contributed by atoms with van der Waals surface area (Å²) in [6.45, 7) is 10.3. The SMILES string of the molecule is CCCN(CCC)CC1CCCCN1CCNC(=O)N1c2ccccc2C(=O)Nc2cccnc21.Cl.Cl.O. The largest absolute Gasteiger partial charge is 0.412 e. The van der Waals surface area contributed by atoms with Gasteiger partial charge in [-0.3, -0.25) is 9.69 Å². The summed E-state index contributed by atoms with van der Waals surface area (Å²) in [5, 5.41) is 5.98. The van der Waals surface area contributed by atoms with Crippen LogP contribution in [0.5, 0.6) is 0 Å². The van der Waals surface area contributed by atoms with Gasteiger partial charge in [-0.2, -0.15) is 0 Å². The van der Waals surface area contributed by atoms with Gasteiger partial charge >= 0.3 is 6.03 Å². The van der Waals surface area contributed by atoms with E-state index >= 15 is 0 Å².